The van der Waals surface area contributed by atoms with Crippen molar-refractivity contribution in [2.45, 2.75) is 32.6 Å². The Balaban J connectivity index is 1.53. The fourth-order valence-electron chi connectivity index (χ4n) is 5.35. The number of hydrogen-bond acceptors (Lipinski definition) is 5. The number of benzene rings is 5. The molecule has 1 N–H and O–H groups in total. The zero-order valence-electron chi connectivity index (χ0n) is 22.5. The summed E-state index contributed by atoms with van der Waals surface area (Å²) >= 11 is 0. The van der Waals surface area contributed by atoms with E-state index in [1.54, 1.807) is 6.07 Å². The first kappa shape index (κ1) is 25.5. The van der Waals surface area contributed by atoms with Gasteiger partial charge in [-0.2, -0.15) is 0 Å². The van der Waals surface area contributed by atoms with E-state index in [1.807, 2.05) is 48.5 Å². The standard InChI is InChI=1S/C35H31N3O2/c1-2-3-4-9-22-40-26-20-21-31(32(39)23-26)35-33(29-18-10-14-24-12-5-7-16-27(24)29)34(36-38-37-35)30-19-11-15-25-13-6-8-17-28(25)30/h5-8,10-21,23,39H,2-4,9,22H2,1H3. The van der Waals surface area contributed by atoms with Gasteiger partial charge in [0.2, 0.25) is 0 Å². The van der Waals surface area contributed by atoms with E-state index in [0.717, 1.165) is 51.1 Å². The Kier molecular flexibility index (Phi) is 7.36. The van der Waals surface area contributed by atoms with Crippen molar-refractivity contribution >= 4 is 21.5 Å². The molecule has 0 atom stereocenters. The van der Waals surface area contributed by atoms with Gasteiger partial charge in [0.25, 0.3) is 0 Å². The van der Waals surface area contributed by atoms with E-state index in [0.29, 0.717) is 29.3 Å². The molecule has 5 aromatic carbocycles. The van der Waals surface area contributed by atoms with Crippen LogP contribution in [0.15, 0.2) is 103 Å². The van der Waals surface area contributed by atoms with Crippen molar-refractivity contribution in [3.05, 3.63) is 103 Å². The second kappa shape index (κ2) is 11.5. The monoisotopic (exact) mass is 525 g/mol. The summed E-state index contributed by atoms with van der Waals surface area (Å²) in [5.74, 6) is 0.734. The van der Waals surface area contributed by atoms with Gasteiger partial charge in [0.15, 0.2) is 0 Å². The zero-order chi connectivity index (χ0) is 27.3. The number of hydrogen-bond donors (Lipinski definition) is 1. The van der Waals surface area contributed by atoms with Crippen LogP contribution in [-0.2, 0) is 0 Å². The van der Waals surface area contributed by atoms with Crippen LogP contribution in [0.25, 0.3) is 55.2 Å². The van der Waals surface area contributed by atoms with Crippen LogP contribution in [0.4, 0.5) is 0 Å². The highest BCUT2D eigenvalue weighted by molar-refractivity contribution is 6.07. The van der Waals surface area contributed by atoms with E-state index in [4.69, 9.17) is 4.74 Å². The highest BCUT2D eigenvalue weighted by Crippen LogP contribution is 2.44. The summed E-state index contributed by atoms with van der Waals surface area (Å²) in [4.78, 5) is 0. The van der Waals surface area contributed by atoms with Gasteiger partial charge in [-0.25, -0.2) is 0 Å². The van der Waals surface area contributed by atoms with Crippen molar-refractivity contribution in [3.63, 3.8) is 0 Å². The van der Waals surface area contributed by atoms with Gasteiger partial charge in [0, 0.05) is 22.8 Å². The molecule has 0 amide bonds. The lowest BCUT2D eigenvalue weighted by Gasteiger charge is -2.17. The van der Waals surface area contributed by atoms with E-state index in [-0.39, 0.29) is 5.75 Å². The van der Waals surface area contributed by atoms with Gasteiger partial charge in [-0.05, 0) is 50.9 Å². The average molecular weight is 526 g/mol. The number of rotatable bonds is 9. The molecule has 198 valence electrons. The van der Waals surface area contributed by atoms with E-state index >= 15 is 0 Å². The number of phenolic OH excluding ortho intramolecular Hbond substituents is 1. The number of unbranched alkanes of at least 4 members (excludes halogenated alkanes) is 3. The number of nitrogens with zero attached hydrogens (tertiary/aromatic N) is 3. The molecule has 5 heteroatoms. The normalized spacial score (nSPS) is 11.2. The largest absolute Gasteiger partial charge is 0.507 e. The minimum absolute atomic E-state index is 0.0944. The lowest BCUT2D eigenvalue weighted by molar-refractivity contribution is 0.303. The minimum Gasteiger partial charge on any atom is -0.507 e. The quantitative estimate of drug-likeness (QED) is 0.191. The fourth-order valence-corrected chi connectivity index (χ4v) is 5.35. The number of phenols is 1. The van der Waals surface area contributed by atoms with E-state index in [2.05, 4.69) is 70.9 Å². The molecule has 1 aromatic heterocycles. The molecule has 0 unspecified atom stereocenters. The second-order valence-electron chi connectivity index (χ2n) is 10.0. The molecule has 0 fully saturated rings. The SMILES string of the molecule is CCCCCCOc1ccc(-c2nnnc(-c3cccc4ccccc34)c2-c2cccc3ccccc23)c(O)c1. The van der Waals surface area contributed by atoms with Gasteiger partial charge >= 0.3 is 0 Å². The van der Waals surface area contributed by atoms with Crippen LogP contribution in [-0.4, -0.2) is 27.1 Å². The number of fused-ring (bicyclic) bond motifs is 2. The zero-order valence-corrected chi connectivity index (χ0v) is 22.5. The third-order valence-electron chi connectivity index (χ3n) is 7.36. The van der Waals surface area contributed by atoms with Crippen LogP contribution in [0.1, 0.15) is 32.6 Å². The Hall–Kier alpha value is -4.77. The molecule has 0 saturated carbocycles. The number of ether oxygens (including phenoxy) is 1. The molecule has 0 saturated heterocycles. The second-order valence-corrected chi connectivity index (χ2v) is 10.0. The maximum Gasteiger partial charge on any atom is 0.128 e. The lowest BCUT2D eigenvalue weighted by atomic mass is 9.90. The van der Waals surface area contributed by atoms with Crippen LogP contribution in [0.2, 0.25) is 0 Å². The van der Waals surface area contributed by atoms with Crippen molar-refractivity contribution in [2.24, 2.45) is 0 Å². The van der Waals surface area contributed by atoms with Crippen LogP contribution in [0.5, 0.6) is 11.5 Å². The first-order valence-electron chi connectivity index (χ1n) is 13.9. The third-order valence-corrected chi connectivity index (χ3v) is 7.36. The van der Waals surface area contributed by atoms with Gasteiger partial charge < -0.3 is 9.84 Å². The molecule has 6 aromatic rings. The molecule has 5 nitrogen and oxygen atoms in total. The molecule has 6 rings (SSSR count). The molecule has 0 bridgehead atoms. The third kappa shape index (κ3) is 4.98. The fraction of sp³-hybridized carbons (Fsp3) is 0.171. The molecule has 0 radical (unpaired) electrons. The Morgan fingerprint density at radius 3 is 1.95 bits per heavy atom. The summed E-state index contributed by atoms with van der Waals surface area (Å²) in [5, 5.41) is 29.0. The van der Waals surface area contributed by atoms with E-state index in [1.165, 1.54) is 12.8 Å². The summed E-state index contributed by atoms with van der Waals surface area (Å²) in [7, 11) is 0. The maximum atomic E-state index is 11.2. The summed E-state index contributed by atoms with van der Waals surface area (Å²) in [5.41, 5.74) is 4.64. The van der Waals surface area contributed by atoms with Gasteiger partial charge in [0.1, 0.15) is 22.9 Å². The average Bonchev–Trinajstić information content (AvgIpc) is 3.00. The molecule has 0 aliphatic carbocycles. The van der Waals surface area contributed by atoms with Crippen LogP contribution >= 0.6 is 0 Å². The summed E-state index contributed by atoms with van der Waals surface area (Å²) in [6.07, 6.45) is 4.51. The Bertz CT molecular complexity index is 1790. The Labute approximate surface area is 234 Å². The van der Waals surface area contributed by atoms with Crippen molar-refractivity contribution in [2.75, 3.05) is 6.61 Å². The summed E-state index contributed by atoms with van der Waals surface area (Å²) in [6, 6.07) is 34.4. The molecule has 0 spiro atoms. The Morgan fingerprint density at radius 2 is 1.25 bits per heavy atom. The first-order chi connectivity index (χ1) is 19.7. The first-order valence-corrected chi connectivity index (χ1v) is 13.9. The molecule has 1 heterocycles. The predicted molar refractivity (Wildman–Crippen MR) is 162 cm³/mol. The van der Waals surface area contributed by atoms with Crippen LogP contribution in [0.3, 0.4) is 0 Å². The number of aromatic hydroxyl groups is 1. The lowest BCUT2D eigenvalue weighted by Crippen LogP contribution is -2.02. The predicted octanol–water partition coefficient (Wildman–Crippen LogP) is 8.84. The Morgan fingerprint density at radius 1 is 0.625 bits per heavy atom. The summed E-state index contributed by atoms with van der Waals surface area (Å²) < 4.78 is 5.93. The van der Waals surface area contributed by atoms with E-state index in [9.17, 15) is 5.11 Å². The number of aromatic nitrogens is 3. The van der Waals surface area contributed by atoms with Crippen LogP contribution < -0.4 is 4.74 Å². The van der Waals surface area contributed by atoms with Crippen molar-refractivity contribution < 1.29 is 9.84 Å². The topological polar surface area (TPSA) is 68.1 Å². The van der Waals surface area contributed by atoms with Gasteiger partial charge in [-0.15, -0.1) is 10.2 Å². The van der Waals surface area contributed by atoms with Crippen molar-refractivity contribution in [3.8, 4) is 45.1 Å². The van der Waals surface area contributed by atoms with Gasteiger partial charge in [0.05, 0.1) is 6.61 Å². The van der Waals surface area contributed by atoms with Crippen molar-refractivity contribution in [1.29, 1.82) is 0 Å². The van der Waals surface area contributed by atoms with E-state index < -0.39 is 0 Å². The minimum atomic E-state index is 0.0944. The molecular formula is C35H31N3O2. The maximum absolute atomic E-state index is 11.2. The van der Waals surface area contributed by atoms with Gasteiger partial charge in [-0.1, -0.05) is 111 Å². The molecule has 0 aliphatic rings. The van der Waals surface area contributed by atoms with Gasteiger partial charge in [-0.3, -0.25) is 0 Å². The smallest absolute Gasteiger partial charge is 0.128 e. The highest BCUT2D eigenvalue weighted by atomic mass is 16.5. The van der Waals surface area contributed by atoms with Crippen LogP contribution in [0, 0.1) is 0 Å². The summed E-state index contributed by atoms with van der Waals surface area (Å²) in [6.45, 7) is 2.82. The highest BCUT2D eigenvalue weighted by Gasteiger charge is 2.22. The molecular weight excluding hydrogens is 494 g/mol. The molecule has 0 aliphatic heterocycles. The van der Waals surface area contributed by atoms with Crippen molar-refractivity contribution in [1.82, 2.24) is 15.4 Å². The molecule has 40 heavy (non-hydrogen) atoms.